The Labute approximate surface area is 146 Å². The second-order valence-corrected chi connectivity index (χ2v) is 7.69. The van der Waals surface area contributed by atoms with Gasteiger partial charge in [0, 0.05) is 29.4 Å². The van der Waals surface area contributed by atoms with Crippen molar-refractivity contribution in [3.8, 4) is 0 Å². The molecule has 0 unspecified atom stereocenters. The maximum atomic E-state index is 13.4. The Kier molecular flexibility index (Phi) is 5.06. The van der Waals surface area contributed by atoms with Crippen molar-refractivity contribution in [2.24, 2.45) is 0 Å². The zero-order chi connectivity index (χ0) is 17.1. The molecule has 0 saturated heterocycles. The molecule has 24 heavy (non-hydrogen) atoms. The van der Waals surface area contributed by atoms with Gasteiger partial charge in [-0.3, -0.25) is 9.78 Å². The summed E-state index contributed by atoms with van der Waals surface area (Å²) in [6, 6.07) is 5.98. The Balaban J connectivity index is 1.67. The van der Waals surface area contributed by atoms with Gasteiger partial charge >= 0.3 is 0 Å². The van der Waals surface area contributed by atoms with E-state index in [0.29, 0.717) is 34.5 Å². The van der Waals surface area contributed by atoms with Gasteiger partial charge < -0.3 is 5.32 Å². The molecule has 0 radical (unpaired) electrons. The highest BCUT2D eigenvalue weighted by molar-refractivity contribution is 8.01. The number of carbonyl (C=O) groups is 1. The number of hydrogen-bond donors (Lipinski definition) is 1. The molecule has 2 aromatic heterocycles. The number of pyridine rings is 1. The molecule has 3 aromatic rings. The highest BCUT2D eigenvalue weighted by atomic mass is 32.2. The molecule has 1 amide bonds. The SMILES string of the molecule is Cc1cc(C(=O)NCCSc2nnc(C)s2)c2ccc(F)cc2n1. The summed E-state index contributed by atoms with van der Waals surface area (Å²) in [7, 11) is 0. The van der Waals surface area contributed by atoms with Crippen LogP contribution in [0.4, 0.5) is 4.39 Å². The number of carbonyl (C=O) groups excluding carboxylic acids is 1. The van der Waals surface area contributed by atoms with Crippen molar-refractivity contribution in [1.29, 1.82) is 0 Å². The molecule has 0 fully saturated rings. The van der Waals surface area contributed by atoms with Crippen LogP contribution >= 0.6 is 23.1 Å². The van der Waals surface area contributed by atoms with Gasteiger partial charge in [0.05, 0.1) is 11.1 Å². The summed E-state index contributed by atoms with van der Waals surface area (Å²) in [5, 5.41) is 12.4. The van der Waals surface area contributed by atoms with Gasteiger partial charge in [-0.05, 0) is 32.0 Å². The van der Waals surface area contributed by atoms with Crippen molar-refractivity contribution in [3.63, 3.8) is 0 Å². The lowest BCUT2D eigenvalue weighted by Gasteiger charge is -2.09. The van der Waals surface area contributed by atoms with Crippen molar-refractivity contribution in [1.82, 2.24) is 20.5 Å². The van der Waals surface area contributed by atoms with Crippen LogP contribution in [0.5, 0.6) is 0 Å². The third-order valence-electron chi connectivity index (χ3n) is 3.27. The van der Waals surface area contributed by atoms with E-state index in [1.165, 1.54) is 23.5 Å². The summed E-state index contributed by atoms with van der Waals surface area (Å²) < 4.78 is 14.3. The Morgan fingerprint density at radius 2 is 2.12 bits per heavy atom. The quantitative estimate of drug-likeness (QED) is 0.557. The minimum absolute atomic E-state index is 0.189. The van der Waals surface area contributed by atoms with Crippen LogP contribution in [0.3, 0.4) is 0 Å². The molecule has 5 nitrogen and oxygen atoms in total. The first-order valence-corrected chi connectivity index (χ1v) is 9.11. The number of aromatic nitrogens is 3. The van der Waals surface area contributed by atoms with Crippen molar-refractivity contribution < 1.29 is 9.18 Å². The molecule has 8 heteroatoms. The van der Waals surface area contributed by atoms with E-state index in [0.717, 1.165) is 9.35 Å². The largest absolute Gasteiger partial charge is 0.351 e. The van der Waals surface area contributed by atoms with Crippen LogP contribution < -0.4 is 5.32 Å². The molecule has 0 bridgehead atoms. The number of aryl methyl sites for hydroxylation is 2. The summed E-state index contributed by atoms with van der Waals surface area (Å²) in [6.45, 7) is 4.20. The van der Waals surface area contributed by atoms with Crippen molar-refractivity contribution >= 4 is 39.9 Å². The zero-order valence-electron chi connectivity index (χ0n) is 13.2. The third-order valence-corrected chi connectivity index (χ3v) is 5.24. The lowest BCUT2D eigenvalue weighted by atomic mass is 10.1. The van der Waals surface area contributed by atoms with Gasteiger partial charge in [0.2, 0.25) is 0 Å². The molecule has 3 rings (SSSR count). The molecule has 1 N–H and O–H groups in total. The van der Waals surface area contributed by atoms with Crippen molar-refractivity contribution in [2.45, 2.75) is 18.2 Å². The van der Waals surface area contributed by atoms with E-state index in [4.69, 9.17) is 0 Å². The maximum absolute atomic E-state index is 13.4. The minimum atomic E-state index is -0.365. The highest BCUT2D eigenvalue weighted by Crippen LogP contribution is 2.22. The van der Waals surface area contributed by atoms with Crippen molar-refractivity contribution in [2.75, 3.05) is 12.3 Å². The normalized spacial score (nSPS) is 11.0. The minimum Gasteiger partial charge on any atom is -0.351 e. The Morgan fingerprint density at radius 1 is 1.29 bits per heavy atom. The fourth-order valence-electron chi connectivity index (χ4n) is 2.26. The van der Waals surface area contributed by atoms with E-state index in [9.17, 15) is 9.18 Å². The number of halogens is 1. The number of fused-ring (bicyclic) bond motifs is 1. The number of benzene rings is 1. The van der Waals surface area contributed by atoms with Crippen LogP contribution in [-0.4, -0.2) is 33.4 Å². The lowest BCUT2D eigenvalue weighted by Crippen LogP contribution is -2.26. The maximum Gasteiger partial charge on any atom is 0.252 e. The Bertz CT molecular complexity index is 892. The number of hydrogen-bond acceptors (Lipinski definition) is 6. The molecule has 0 atom stereocenters. The number of rotatable bonds is 5. The Morgan fingerprint density at radius 3 is 2.88 bits per heavy atom. The molecule has 124 valence electrons. The van der Waals surface area contributed by atoms with E-state index >= 15 is 0 Å². The van der Waals surface area contributed by atoms with E-state index in [-0.39, 0.29) is 11.7 Å². The van der Waals surface area contributed by atoms with Crippen LogP contribution in [0, 0.1) is 19.7 Å². The van der Waals surface area contributed by atoms with Crippen LogP contribution in [-0.2, 0) is 0 Å². The topological polar surface area (TPSA) is 67.8 Å². The Hall–Kier alpha value is -2.06. The summed E-state index contributed by atoms with van der Waals surface area (Å²) >= 11 is 3.09. The molecule has 0 aliphatic carbocycles. The van der Waals surface area contributed by atoms with Crippen LogP contribution in [0.25, 0.3) is 10.9 Å². The molecule has 0 aliphatic rings. The van der Waals surface area contributed by atoms with Gasteiger partial charge in [0.15, 0.2) is 4.34 Å². The van der Waals surface area contributed by atoms with E-state index in [1.54, 1.807) is 30.8 Å². The second kappa shape index (κ2) is 7.23. The fourth-order valence-corrected chi connectivity index (χ4v) is 4.00. The van der Waals surface area contributed by atoms with Gasteiger partial charge in [-0.2, -0.15) is 0 Å². The summed E-state index contributed by atoms with van der Waals surface area (Å²) in [4.78, 5) is 16.7. The fraction of sp³-hybridized carbons (Fsp3) is 0.250. The van der Waals surface area contributed by atoms with Gasteiger partial charge in [0.1, 0.15) is 10.8 Å². The first-order chi connectivity index (χ1) is 11.5. The first kappa shape index (κ1) is 16.8. The average molecular weight is 362 g/mol. The van der Waals surface area contributed by atoms with Crippen LogP contribution in [0.15, 0.2) is 28.6 Å². The van der Waals surface area contributed by atoms with Crippen LogP contribution in [0.1, 0.15) is 21.1 Å². The van der Waals surface area contributed by atoms with Gasteiger partial charge in [-0.15, -0.1) is 10.2 Å². The summed E-state index contributed by atoms with van der Waals surface area (Å²) in [5.41, 5.74) is 1.67. The van der Waals surface area contributed by atoms with Gasteiger partial charge in [-0.1, -0.05) is 23.1 Å². The lowest BCUT2D eigenvalue weighted by molar-refractivity contribution is 0.0957. The monoisotopic (exact) mass is 362 g/mol. The second-order valence-electron chi connectivity index (χ2n) is 5.16. The highest BCUT2D eigenvalue weighted by Gasteiger charge is 2.12. The molecule has 0 aliphatic heterocycles. The molecule has 2 heterocycles. The van der Waals surface area contributed by atoms with Gasteiger partial charge in [0.25, 0.3) is 5.91 Å². The summed E-state index contributed by atoms with van der Waals surface area (Å²) in [6.07, 6.45) is 0. The van der Waals surface area contributed by atoms with Gasteiger partial charge in [-0.25, -0.2) is 4.39 Å². The first-order valence-electron chi connectivity index (χ1n) is 7.31. The number of amides is 1. The predicted octanol–water partition coefficient (Wildman–Crippen LogP) is 3.36. The van der Waals surface area contributed by atoms with Crippen molar-refractivity contribution in [3.05, 3.63) is 46.3 Å². The number of nitrogens with one attached hydrogen (secondary N) is 1. The molecule has 1 aromatic carbocycles. The molecular formula is C16H15FN4OS2. The van der Waals surface area contributed by atoms with Crippen LogP contribution in [0.2, 0.25) is 0 Å². The smallest absolute Gasteiger partial charge is 0.252 e. The van der Waals surface area contributed by atoms with E-state index in [1.807, 2.05) is 6.92 Å². The predicted molar refractivity (Wildman–Crippen MR) is 94.1 cm³/mol. The molecular weight excluding hydrogens is 347 g/mol. The number of nitrogens with zero attached hydrogens (tertiary/aromatic N) is 3. The van der Waals surface area contributed by atoms with E-state index < -0.39 is 0 Å². The molecule has 0 spiro atoms. The number of thioether (sulfide) groups is 1. The third kappa shape index (κ3) is 3.88. The summed E-state index contributed by atoms with van der Waals surface area (Å²) in [5.74, 6) is 0.152. The van der Waals surface area contributed by atoms with E-state index in [2.05, 4.69) is 20.5 Å². The average Bonchev–Trinajstić information content (AvgIpc) is 2.95. The zero-order valence-corrected chi connectivity index (χ0v) is 14.8. The molecule has 0 saturated carbocycles. The standard InChI is InChI=1S/C16H15FN4OS2/c1-9-7-13(12-4-3-11(17)8-14(12)19-9)15(22)18-5-6-23-16-21-20-10(2)24-16/h3-4,7-8H,5-6H2,1-2H3,(H,18,22).